The average Bonchev–Trinajstić information content (AvgIpc) is 2.79. The van der Waals surface area contributed by atoms with Gasteiger partial charge in [-0.3, -0.25) is 0 Å². The van der Waals surface area contributed by atoms with Crippen LogP contribution in [0.2, 0.25) is 0 Å². The van der Waals surface area contributed by atoms with E-state index in [0.717, 1.165) is 0 Å². The van der Waals surface area contributed by atoms with Crippen molar-refractivity contribution in [1.29, 1.82) is 0 Å². The number of carbonyl (C=O) groups excluding carboxylic acids is 2. The molecule has 1 aliphatic rings. The van der Waals surface area contributed by atoms with E-state index in [1.165, 1.54) is 30.7 Å². The van der Waals surface area contributed by atoms with Crippen molar-refractivity contribution in [3.8, 4) is 5.75 Å². The fourth-order valence-corrected chi connectivity index (χ4v) is 4.46. The first-order valence-electron chi connectivity index (χ1n) is 9.23. The van der Waals surface area contributed by atoms with Crippen LogP contribution in [0.5, 0.6) is 5.75 Å². The summed E-state index contributed by atoms with van der Waals surface area (Å²) >= 11 is 0. The van der Waals surface area contributed by atoms with Gasteiger partial charge in [0.15, 0.2) is 0 Å². The highest BCUT2D eigenvalue weighted by Crippen LogP contribution is 2.21. The molecule has 1 N–H and O–H groups in total. The van der Waals surface area contributed by atoms with Crippen molar-refractivity contribution in [2.45, 2.75) is 4.90 Å². The highest BCUT2D eigenvalue weighted by Gasteiger charge is 2.30. The van der Waals surface area contributed by atoms with E-state index in [0.29, 0.717) is 17.0 Å². The van der Waals surface area contributed by atoms with Gasteiger partial charge in [0, 0.05) is 31.9 Å². The maximum atomic E-state index is 12.8. The molecule has 1 saturated heterocycles. The molecule has 160 valence electrons. The van der Waals surface area contributed by atoms with Crippen LogP contribution in [0.25, 0.3) is 0 Å². The lowest BCUT2D eigenvalue weighted by molar-refractivity contribution is 0.0600. The Morgan fingerprint density at radius 2 is 1.50 bits per heavy atom. The summed E-state index contributed by atoms with van der Waals surface area (Å²) in [6.45, 7) is 0.926. The Morgan fingerprint density at radius 3 is 2.03 bits per heavy atom. The van der Waals surface area contributed by atoms with Crippen molar-refractivity contribution in [1.82, 2.24) is 9.21 Å². The first kappa shape index (κ1) is 21.6. The van der Waals surface area contributed by atoms with E-state index in [1.807, 2.05) is 0 Å². The number of methoxy groups -OCH3 is 2. The van der Waals surface area contributed by atoms with Gasteiger partial charge in [0.25, 0.3) is 0 Å². The fourth-order valence-electron chi connectivity index (χ4n) is 3.04. The zero-order chi connectivity index (χ0) is 21.7. The molecule has 1 heterocycles. The summed E-state index contributed by atoms with van der Waals surface area (Å²) < 4.78 is 36.7. The van der Waals surface area contributed by atoms with E-state index in [1.54, 1.807) is 41.3 Å². The molecule has 3 rings (SSSR count). The minimum Gasteiger partial charge on any atom is -0.497 e. The number of hydrogen-bond acceptors (Lipinski definition) is 6. The molecule has 0 spiro atoms. The number of urea groups is 1. The van der Waals surface area contributed by atoms with Crippen molar-refractivity contribution in [2.75, 3.05) is 45.7 Å². The molecule has 0 aliphatic carbocycles. The molecular weight excluding hydrogens is 410 g/mol. The number of sulfonamides is 1. The van der Waals surface area contributed by atoms with E-state index in [9.17, 15) is 18.0 Å². The van der Waals surface area contributed by atoms with Crippen LogP contribution in [0.15, 0.2) is 53.4 Å². The van der Waals surface area contributed by atoms with E-state index >= 15 is 0 Å². The van der Waals surface area contributed by atoms with Gasteiger partial charge in [-0.2, -0.15) is 4.31 Å². The lowest BCUT2D eigenvalue weighted by atomic mass is 10.2. The third-order valence-electron chi connectivity index (χ3n) is 4.78. The lowest BCUT2D eigenvalue weighted by Crippen LogP contribution is -2.51. The van der Waals surface area contributed by atoms with Gasteiger partial charge in [0.05, 0.1) is 24.7 Å². The molecule has 1 fully saturated rings. The second kappa shape index (κ2) is 9.14. The van der Waals surface area contributed by atoms with Crippen LogP contribution in [0.1, 0.15) is 10.4 Å². The standard InChI is InChI=1S/C20H23N3O6S/c1-28-17-7-9-18(10-8-17)30(26,27)23-13-11-22(12-14-23)20(25)21-16-5-3-15(4-6-16)19(24)29-2/h3-10H,11-14H2,1-2H3,(H,21,25). The Bertz CT molecular complexity index is 998. The molecule has 1 aliphatic heterocycles. The van der Waals surface area contributed by atoms with Gasteiger partial charge >= 0.3 is 12.0 Å². The third kappa shape index (κ3) is 4.71. The highest BCUT2D eigenvalue weighted by molar-refractivity contribution is 7.89. The number of nitrogens with zero attached hydrogens (tertiary/aromatic N) is 2. The summed E-state index contributed by atoms with van der Waals surface area (Å²) in [4.78, 5) is 25.7. The summed E-state index contributed by atoms with van der Waals surface area (Å²) in [5, 5.41) is 2.75. The summed E-state index contributed by atoms with van der Waals surface area (Å²) in [6.07, 6.45) is 0. The Labute approximate surface area is 175 Å². The number of ether oxygens (including phenoxy) is 2. The van der Waals surface area contributed by atoms with Crippen molar-refractivity contribution in [3.05, 3.63) is 54.1 Å². The van der Waals surface area contributed by atoms with Crippen molar-refractivity contribution >= 4 is 27.7 Å². The van der Waals surface area contributed by atoms with Crippen molar-refractivity contribution in [3.63, 3.8) is 0 Å². The van der Waals surface area contributed by atoms with Gasteiger partial charge in [0.2, 0.25) is 10.0 Å². The zero-order valence-electron chi connectivity index (χ0n) is 16.7. The van der Waals surface area contributed by atoms with Crippen LogP contribution in [-0.4, -0.2) is 70.0 Å². The van der Waals surface area contributed by atoms with Crippen LogP contribution < -0.4 is 10.1 Å². The van der Waals surface area contributed by atoms with E-state index in [-0.39, 0.29) is 37.1 Å². The predicted molar refractivity (Wildman–Crippen MR) is 110 cm³/mol. The molecule has 30 heavy (non-hydrogen) atoms. The smallest absolute Gasteiger partial charge is 0.337 e. The van der Waals surface area contributed by atoms with E-state index in [2.05, 4.69) is 10.1 Å². The number of nitrogens with one attached hydrogen (secondary N) is 1. The van der Waals surface area contributed by atoms with Crippen LogP contribution >= 0.6 is 0 Å². The van der Waals surface area contributed by atoms with Crippen molar-refractivity contribution in [2.24, 2.45) is 0 Å². The topological polar surface area (TPSA) is 105 Å². The van der Waals surface area contributed by atoms with Gasteiger partial charge in [-0.25, -0.2) is 18.0 Å². The average molecular weight is 433 g/mol. The second-order valence-electron chi connectivity index (χ2n) is 6.57. The molecule has 2 aromatic carbocycles. The van der Waals surface area contributed by atoms with Gasteiger partial charge in [-0.15, -0.1) is 0 Å². The number of esters is 1. The van der Waals surface area contributed by atoms with E-state index < -0.39 is 16.0 Å². The molecule has 0 aromatic heterocycles. The number of benzene rings is 2. The quantitative estimate of drug-likeness (QED) is 0.724. The Morgan fingerprint density at radius 1 is 0.900 bits per heavy atom. The normalized spacial score (nSPS) is 14.8. The van der Waals surface area contributed by atoms with Gasteiger partial charge in [-0.1, -0.05) is 0 Å². The maximum Gasteiger partial charge on any atom is 0.337 e. The van der Waals surface area contributed by atoms with Crippen molar-refractivity contribution < 1.29 is 27.5 Å². The van der Waals surface area contributed by atoms with Gasteiger partial charge in [-0.05, 0) is 48.5 Å². The Balaban J connectivity index is 1.57. The largest absolute Gasteiger partial charge is 0.497 e. The van der Waals surface area contributed by atoms with Gasteiger partial charge < -0.3 is 19.7 Å². The van der Waals surface area contributed by atoms with Gasteiger partial charge in [0.1, 0.15) is 5.75 Å². The zero-order valence-corrected chi connectivity index (χ0v) is 17.5. The summed E-state index contributed by atoms with van der Waals surface area (Å²) in [5.41, 5.74) is 0.911. The SMILES string of the molecule is COC(=O)c1ccc(NC(=O)N2CCN(S(=O)(=O)c3ccc(OC)cc3)CC2)cc1. The summed E-state index contributed by atoms with van der Waals surface area (Å²) in [6, 6.07) is 12.2. The minimum atomic E-state index is -3.63. The molecule has 0 bridgehead atoms. The fraction of sp³-hybridized carbons (Fsp3) is 0.300. The molecule has 10 heteroatoms. The number of piperazine rings is 1. The minimum absolute atomic E-state index is 0.187. The molecule has 9 nitrogen and oxygen atoms in total. The molecule has 0 saturated carbocycles. The van der Waals surface area contributed by atoms with Crippen LogP contribution in [0.4, 0.5) is 10.5 Å². The highest BCUT2D eigenvalue weighted by atomic mass is 32.2. The molecule has 2 aromatic rings. The van der Waals surface area contributed by atoms with Crippen LogP contribution in [0, 0.1) is 0 Å². The maximum absolute atomic E-state index is 12.8. The third-order valence-corrected chi connectivity index (χ3v) is 6.69. The predicted octanol–water partition coefficient (Wildman–Crippen LogP) is 2.02. The van der Waals surface area contributed by atoms with E-state index in [4.69, 9.17) is 4.74 Å². The Kier molecular flexibility index (Phi) is 6.58. The molecule has 0 atom stereocenters. The lowest BCUT2D eigenvalue weighted by Gasteiger charge is -2.34. The number of rotatable bonds is 5. The molecule has 2 amide bonds. The Hall–Kier alpha value is -3.11. The number of carbonyl (C=O) groups is 2. The molecule has 0 radical (unpaired) electrons. The molecular formula is C20H23N3O6S. The number of hydrogen-bond donors (Lipinski definition) is 1. The second-order valence-corrected chi connectivity index (χ2v) is 8.50. The van der Waals surface area contributed by atoms with Crippen LogP contribution in [0.3, 0.4) is 0 Å². The number of amides is 2. The van der Waals surface area contributed by atoms with Crippen LogP contribution in [-0.2, 0) is 14.8 Å². The molecule has 0 unspecified atom stereocenters. The number of anilines is 1. The monoisotopic (exact) mass is 433 g/mol. The summed E-state index contributed by atoms with van der Waals surface area (Å²) in [5.74, 6) is 0.122. The first-order chi connectivity index (χ1) is 14.3. The summed E-state index contributed by atoms with van der Waals surface area (Å²) in [7, 11) is -0.822. The first-order valence-corrected chi connectivity index (χ1v) is 10.7.